The number of nitrogens with one attached hydrogen (secondary N) is 4. The summed E-state index contributed by atoms with van der Waals surface area (Å²) >= 11 is 0. The molecule has 14 heteroatoms. The van der Waals surface area contributed by atoms with Crippen molar-refractivity contribution >= 4 is 71.7 Å². The van der Waals surface area contributed by atoms with Crippen LogP contribution >= 0.6 is 49.6 Å². The summed E-state index contributed by atoms with van der Waals surface area (Å²) in [5.74, 6) is -4.38. The normalized spacial score (nSPS) is 20.4. The van der Waals surface area contributed by atoms with Gasteiger partial charge in [0.25, 0.3) is 11.8 Å². The van der Waals surface area contributed by atoms with E-state index in [0.29, 0.717) is 11.6 Å². The van der Waals surface area contributed by atoms with E-state index in [1.165, 1.54) is 0 Å². The van der Waals surface area contributed by atoms with Gasteiger partial charge in [-0.05, 0) is 46.5 Å². The number of H-pyrrole nitrogens is 2. The van der Waals surface area contributed by atoms with Gasteiger partial charge in [0.1, 0.15) is 11.6 Å². The van der Waals surface area contributed by atoms with Gasteiger partial charge in [0.15, 0.2) is 0 Å². The quantitative estimate of drug-likeness (QED) is 0.148. The Morgan fingerprint density at radius 3 is 1.24 bits per heavy atom. The van der Waals surface area contributed by atoms with Crippen LogP contribution < -0.4 is 10.6 Å². The van der Waals surface area contributed by atoms with E-state index in [-0.39, 0.29) is 75.6 Å². The number of imidazole rings is 2. The minimum atomic E-state index is -2.72. The van der Waals surface area contributed by atoms with Crippen LogP contribution in [0.2, 0.25) is 0 Å². The number of hydrogen-bond donors (Lipinski definition) is 4. The van der Waals surface area contributed by atoms with Gasteiger partial charge in [0, 0.05) is 12.8 Å². The minimum Gasteiger partial charge on any atom is -0.341 e. The number of benzene rings is 3. The van der Waals surface area contributed by atoms with Crippen LogP contribution in [0.25, 0.3) is 44.3 Å². The summed E-state index contributed by atoms with van der Waals surface area (Å²) in [6.07, 6.45) is -0.527. The smallest absolute Gasteiger partial charge is 0.262 e. The molecule has 3 aromatic carbocycles. The number of hydrogen-bond acceptors (Lipinski definition) is 4. The number of fused-ring (bicyclic) bond motifs is 2. The van der Waals surface area contributed by atoms with Crippen LogP contribution in [-0.4, -0.2) is 44.9 Å². The molecule has 7 rings (SSSR count). The molecule has 2 atom stereocenters. The first-order valence-electron chi connectivity index (χ1n) is 12.5. The fourth-order valence-corrected chi connectivity index (χ4v) is 5.42. The Hall–Kier alpha value is -2.60. The highest BCUT2D eigenvalue weighted by atomic mass is 35.5. The molecule has 0 aliphatic carbocycles. The summed E-state index contributed by atoms with van der Waals surface area (Å²) in [6, 6.07) is 18.8. The summed E-state index contributed by atoms with van der Waals surface area (Å²) in [7, 11) is 0. The van der Waals surface area contributed by atoms with Crippen molar-refractivity contribution in [2.75, 3.05) is 13.1 Å². The predicted molar refractivity (Wildman–Crippen MR) is 166 cm³/mol. The summed E-state index contributed by atoms with van der Waals surface area (Å²) in [4.78, 5) is 15.4. The highest BCUT2D eigenvalue weighted by Crippen LogP contribution is 2.36. The third kappa shape index (κ3) is 6.49. The molecule has 226 valence electrons. The topological polar surface area (TPSA) is 81.4 Å². The first kappa shape index (κ1) is 33.9. The molecule has 6 nitrogen and oxygen atoms in total. The summed E-state index contributed by atoms with van der Waals surface area (Å²) < 4.78 is 54.4. The zero-order valence-electron chi connectivity index (χ0n) is 21.8. The van der Waals surface area contributed by atoms with Gasteiger partial charge in [0.2, 0.25) is 0 Å². The Morgan fingerprint density at radius 2 is 0.905 bits per heavy atom. The van der Waals surface area contributed by atoms with Gasteiger partial charge in [0.05, 0.1) is 47.2 Å². The molecule has 2 aromatic heterocycles. The third-order valence-corrected chi connectivity index (χ3v) is 7.43. The van der Waals surface area contributed by atoms with E-state index in [0.717, 1.165) is 44.3 Å². The lowest BCUT2D eigenvalue weighted by Crippen LogP contribution is -2.19. The average molecular weight is 666 g/mol. The molecule has 2 aliphatic rings. The van der Waals surface area contributed by atoms with Crippen LogP contribution in [-0.2, 0) is 0 Å². The fourth-order valence-electron chi connectivity index (χ4n) is 5.42. The van der Waals surface area contributed by atoms with E-state index in [4.69, 9.17) is 0 Å². The number of nitrogens with zero attached hydrogens (tertiary/aromatic N) is 2. The average Bonchev–Trinajstić information content (AvgIpc) is 3.67. The molecule has 4 N–H and O–H groups in total. The highest BCUT2D eigenvalue weighted by Gasteiger charge is 2.42. The first-order valence-corrected chi connectivity index (χ1v) is 12.5. The van der Waals surface area contributed by atoms with Gasteiger partial charge in [-0.25, -0.2) is 27.5 Å². The van der Waals surface area contributed by atoms with Crippen LogP contribution in [0, 0.1) is 0 Å². The second-order valence-corrected chi connectivity index (χ2v) is 10.3. The molecule has 0 bridgehead atoms. The van der Waals surface area contributed by atoms with Gasteiger partial charge in [-0.2, -0.15) is 0 Å². The summed E-state index contributed by atoms with van der Waals surface area (Å²) in [5, 5.41) is 5.68. The maximum absolute atomic E-state index is 13.6. The Labute approximate surface area is 263 Å². The molecule has 0 unspecified atom stereocenters. The maximum Gasteiger partial charge on any atom is 0.262 e. The minimum absolute atomic E-state index is 0. The van der Waals surface area contributed by atoms with Gasteiger partial charge in [-0.15, -0.1) is 49.6 Å². The van der Waals surface area contributed by atoms with Crippen molar-refractivity contribution in [2.24, 2.45) is 0 Å². The molecule has 42 heavy (non-hydrogen) atoms. The molecule has 2 saturated heterocycles. The molecule has 0 amide bonds. The highest BCUT2D eigenvalue weighted by molar-refractivity contribution is 5.86. The molecular weight excluding hydrogens is 638 g/mol. The first-order chi connectivity index (χ1) is 18.2. The van der Waals surface area contributed by atoms with Crippen molar-refractivity contribution < 1.29 is 17.6 Å². The number of halogens is 8. The molecule has 0 radical (unpaired) electrons. The number of aromatic amines is 2. The maximum atomic E-state index is 13.6. The van der Waals surface area contributed by atoms with Crippen molar-refractivity contribution in [3.63, 3.8) is 0 Å². The third-order valence-electron chi connectivity index (χ3n) is 7.43. The lowest BCUT2D eigenvalue weighted by atomic mass is 10.00. The van der Waals surface area contributed by atoms with Crippen molar-refractivity contribution in [1.82, 2.24) is 30.6 Å². The van der Waals surface area contributed by atoms with Crippen LogP contribution in [0.3, 0.4) is 0 Å². The Kier molecular flexibility index (Phi) is 10.1. The monoisotopic (exact) mass is 664 g/mol. The lowest BCUT2D eigenvalue weighted by Gasteiger charge is -2.06. The molecule has 0 spiro atoms. The molecule has 4 heterocycles. The zero-order valence-corrected chi connectivity index (χ0v) is 25.1. The van der Waals surface area contributed by atoms with Crippen LogP contribution in [0.1, 0.15) is 36.6 Å². The van der Waals surface area contributed by atoms with Crippen LogP contribution in [0.4, 0.5) is 17.6 Å². The standard InChI is InChI=1S/C28H24F4N6.4ClH/c29-27(30)11-23(33-13-27)25-35-19-7-5-17(9-21(19)37-25)15-1-2-16(4-3-15)18-6-8-20-22(10-18)38-26(36-20)24-12-28(31,32)14-34-24;;;;/h1-10,23-24,33-34H,11-14H2,(H,35,37)(H,36,38);4*1H/t23-,24-;;;;/m0..../s1. The number of alkyl halides is 4. The zero-order chi connectivity index (χ0) is 26.1. The van der Waals surface area contributed by atoms with Crippen molar-refractivity contribution in [3.05, 3.63) is 72.3 Å². The van der Waals surface area contributed by atoms with E-state index >= 15 is 0 Å². The van der Waals surface area contributed by atoms with Crippen LogP contribution in [0.15, 0.2) is 60.7 Å². The van der Waals surface area contributed by atoms with Crippen molar-refractivity contribution in [3.8, 4) is 22.3 Å². The van der Waals surface area contributed by atoms with E-state index in [1.54, 1.807) is 0 Å². The number of rotatable bonds is 4. The van der Waals surface area contributed by atoms with Gasteiger partial charge >= 0.3 is 0 Å². The van der Waals surface area contributed by atoms with Gasteiger partial charge < -0.3 is 20.6 Å². The SMILES string of the molecule is Cl.Cl.Cl.Cl.FC1(F)CN[C@H](c2nc3ccc(-c4ccc(-c5ccc6nc([C@@H]7CC(F)(F)CN7)[nH]c6c5)cc4)cc3[nH]2)C1. The van der Waals surface area contributed by atoms with Crippen LogP contribution in [0.5, 0.6) is 0 Å². The lowest BCUT2D eigenvalue weighted by molar-refractivity contribution is 0.0201. The molecular formula is C28H28Cl4F4N6. The molecule has 2 fully saturated rings. The Morgan fingerprint density at radius 1 is 0.548 bits per heavy atom. The Bertz CT molecular complexity index is 1550. The van der Waals surface area contributed by atoms with E-state index < -0.39 is 23.9 Å². The van der Waals surface area contributed by atoms with Crippen molar-refractivity contribution in [1.29, 1.82) is 0 Å². The largest absolute Gasteiger partial charge is 0.341 e. The Balaban J connectivity index is 0.00000121. The number of aromatic nitrogens is 4. The molecule has 2 aliphatic heterocycles. The summed E-state index contributed by atoms with van der Waals surface area (Å²) in [6.45, 7) is -0.672. The van der Waals surface area contributed by atoms with Gasteiger partial charge in [-0.1, -0.05) is 36.4 Å². The van der Waals surface area contributed by atoms with E-state index in [2.05, 4.69) is 30.6 Å². The summed E-state index contributed by atoms with van der Waals surface area (Å²) in [5.41, 5.74) is 7.06. The second kappa shape index (κ2) is 12.6. The van der Waals surface area contributed by atoms with E-state index in [9.17, 15) is 17.6 Å². The van der Waals surface area contributed by atoms with Crippen molar-refractivity contribution in [2.45, 2.75) is 36.8 Å². The van der Waals surface area contributed by atoms with E-state index in [1.807, 2.05) is 60.7 Å². The molecule has 0 saturated carbocycles. The molecule has 5 aromatic rings. The second-order valence-electron chi connectivity index (χ2n) is 10.3. The van der Waals surface area contributed by atoms with Gasteiger partial charge in [-0.3, -0.25) is 0 Å². The predicted octanol–water partition coefficient (Wildman–Crippen LogP) is 7.80. The fraction of sp³-hybridized carbons (Fsp3) is 0.286.